The van der Waals surface area contributed by atoms with E-state index in [0.717, 1.165) is 16.9 Å². The van der Waals surface area contributed by atoms with E-state index < -0.39 is 10.0 Å². The van der Waals surface area contributed by atoms with Crippen LogP contribution in [0.4, 0.5) is 5.69 Å². The van der Waals surface area contributed by atoms with E-state index in [1.165, 1.54) is 9.87 Å². The van der Waals surface area contributed by atoms with Gasteiger partial charge >= 0.3 is 0 Å². The first-order chi connectivity index (χ1) is 15.8. The zero-order valence-electron chi connectivity index (χ0n) is 19.4. The molecule has 0 radical (unpaired) electrons. The summed E-state index contributed by atoms with van der Waals surface area (Å²) < 4.78 is 27.7. The van der Waals surface area contributed by atoms with E-state index in [1.54, 1.807) is 67.2 Å². The van der Waals surface area contributed by atoms with Gasteiger partial charge in [0.1, 0.15) is 0 Å². The van der Waals surface area contributed by atoms with Gasteiger partial charge in [-0.25, -0.2) is 8.42 Å². The molecule has 0 saturated heterocycles. The fourth-order valence-corrected chi connectivity index (χ4v) is 5.49. The second-order valence-corrected chi connectivity index (χ2v) is 10.5. The highest BCUT2D eigenvalue weighted by Gasteiger charge is 2.24. The number of benzene rings is 3. The lowest BCUT2D eigenvalue weighted by molar-refractivity contribution is 0.0935. The summed E-state index contributed by atoms with van der Waals surface area (Å²) in [6.07, 6.45) is 2.72. The van der Waals surface area contributed by atoms with Crippen molar-refractivity contribution in [3.8, 4) is 0 Å². The Bertz CT molecular complexity index is 1170. The molecule has 0 spiro atoms. The predicted octanol–water partition coefficient (Wildman–Crippen LogP) is 5.81. The Kier molecular flexibility index (Phi) is 8.21. The molecule has 174 valence electrons. The number of sulfonamides is 1. The number of carbonyl (C=O) groups is 1. The molecule has 0 aromatic heterocycles. The van der Waals surface area contributed by atoms with Crippen molar-refractivity contribution in [2.75, 3.05) is 17.1 Å². The van der Waals surface area contributed by atoms with Gasteiger partial charge < -0.3 is 5.32 Å². The van der Waals surface area contributed by atoms with Gasteiger partial charge in [0.25, 0.3) is 15.9 Å². The summed E-state index contributed by atoms with van der Waals surface area (Å²) >= 11 is 1.56. The monoisotopic (exact) mass is 482 g/mol. The van der Waals surface area contributed by atoms with Gasteiger partial charge in [-0.05, 0) is 80.6 Å². The molecule has 3 aromatic carbocycles. The van der Waals surface area contributed by atoms with Crippen LogP contribution in [0.25, 0.3) is 0 Å². The molecule has 0 bridgehead atoms. The van der Waals surface area contributed by atoms with Gasteiger partial charge in [-0.2, -0.15) is 0 Å². The number of carbonyl (C=O) groups excluding carboxylic acids is 1. The van der Waals surface area contributed by atoms with E-state index in [4.69, 9.17) is 0 Å². The minimum Gasteiger partial charge on any atom is -0.345 e. The Hall–Kier alpha value is -2.77. The SMILES string of the molecule is CC[C@@H](NC(=O)c1ccc(N(CC)S(=O)(=O)c2ccc(SC)cc2)cc1)c1ccc(C)cc1. The van der Waals surface area contributed by atoms with Gasteiger partial charge in [0.2, 0.25) is 0 Å². The van der Waals surface area contributed by atoms with Gasteiger partial charge in [0.05, 0.1) is 16.6 Å². The third-order valence-electron chi connectivity index (χ3n) is 5.55. The van der Waals surface area contributed by atoms with E-state index in [9.17, 15) is 13.2 Å². The van der Waals surface area contributed by atoms with E-state index >= 15 is 0 Å². The van der Waals surface area contributed by atoms with Crippen molar-refractivity contribution >= 4 is 33.4 Å². The van der Waals surface area contributed by atoms with Crippen LogP contribution in [0.3, 0.4) is 0 Å². The van der Waals surface area contributed by atoms with Crippen molar-refractivity contribution in [2.24, 2.45) is 0 Å². The number of nitrogens with zero attached hydrogens (tertiary/aromatic N) is 1. The molecular weight excluding hydrogens is 452 g/mol. The van der Waals surface area contributed by atoms with Crippen LogP contribution in [-0.4, -0.2) is 27.1 Å². The van der Waals surface area contributed by atoms with E-state index in [1.807, 2.05) is 44.4 Å². The molecule has 1 N–H and O–H groups in total. The van der Waals surface area contributed by atoms with Crippen molar-refractivity contribution in [1.82, 2.24) is 5.32 Å². The van der Waals surface area contributed by atoms with Crippen molar-refractivity contribution in [3.63, 3.8) is 0 Å². The minimum atomic E-state index is -3.70. The number of hydrogen-bond acceptors (Lipinski definition) is 4. The molecule has 0 heterocycles. The number of anilines is 1. The number of aryl methyl sites for hydroxylation is 1. The lowest BCUT2D eigenvalue weighted by Gasteiger charge is -2.23. The van der Waals surface area contributed by atoms with Crippen LogP contribution >= 0.6 is 11.8 Å². The Morgan fingerprint density at radius 3 is 2.06 bits per heavy atom. The topological polar surface area (TPSA) is 66.5 Å². The standard InChI is InChI=1S/C26H30N2O3S2/c1-5-25(20-9-7-19(3)8-10-20)27-26(29)21-11-13-22(14-12-21)28(6-2)33(30,31)24-17-15-23(32-4)16-18-24/h7-18,25H,5-6H2,1-4H3,(H,27,29)/t25-/m1/s1. The summed E-state index contributed by atoms with van der Waals surface area (Å²) in [7, 11) is -3.70. The Labute approximate surface area is 201 Å². The van der Waals surface area contributed by atoms with Crippen LogP contribution in [0.5, 0.6) is 0 Å². The van der Waals surface area contributed by atoms with Crippen molar-refractivity contribution in [1.29, 1.82) is 0 Å². The molecule has 0 aliphatic heterocycles. The van der Waals surface area contributed by atoms with Crippen molar-refractivity contribution < 1.29 is 13.2 Å². The summed E-state index contributed by atoms with van der Waals surface area (Å²) in [6.45, 7) is 6.14. The maximum atomic E-state index is 13.2. The minimum absolute atomic E-state index is 0.0884. The van der Waals surface area contributed by atoms with E-state index in [2.05, 4.69) is 5.32 Å². The number of hydrogen-bond donors (Lipinski definition) is 1. The smallest absolute Gasteiger partial charge is 0.264 e. The summed E-state index contributed by atoms with van der Waals surface area (Å²) in [4.78, 5) is 14.1. The zero-order valence-corrected chi connectivity index (χ0v) is 21.0. The zero-order chi connectivity index (χ0) is 24.0. The lowest BCUT2D eigenvalue weighted by atomic mass is 10.0. The molecule has 0 fully saturated rings. The molecule has 0 saturated carbocycles. The average molecular weight is 483 g/mol. The Morgan fingerprint density at radius 2 is 1.55 bits per heavy atom. The Morgan fingerprint density at radius 1 is 0.939 bits per heavy atom. The molecule has 7 heteroatoms. The first-order valence-electron chi connectivity index (χ1n) is 10.9. The van der Waals surface area contributed by atoms with Gasteiger partial charge in [0.15, 0.2) is 0 Å². The van der Waals surface area contributed by atoms with Gasteiger partial charge in [-0.15, -0.1) is 11.8 Å². The van der Waals surface area contributed by atoms with E-state index in [-0.39, 0.29) is 23.4 Å². The van der Waals surface area contributed by atoms with Crippen molar-refractivity contribution in [2.45, 2.75) is 43.0 Å². The molecule has 0 aliphatic rings. The molecule has 33 heavy (non-hydrogen) atoms. The number of amides is 1. The normalized spacial score (nSPS) is 12.2. The molecule has 0 aliphatic carbocycles. The number of rotatable bonds is 9. The number of thioether (sulfide) groups is 1. The molecule has 1 amide bonds. The van der Waals surface area contributed by atoms with Crippen LogP contribution in [-0.2, 0) is 10.0 Å². The van der Waals surface area contributed by atoms with Crippen LogP contribution in [0.15, 0.2) is 82.6 Å². The second kappa shape index (κ2) is 10.9. The molecule has 1 atom stereocenters. The summed E-state index contributed by atoms with van der Waals surface area (Å²) in [5.74, 6) is -0.187. The highest BCUT2D eigenvalue weighted by molar-refractivity contribution is 7.98. The average Bonchev–Trinajstić information content (AvgIpc) is 2.83. The van der Waals surface area contributed by atoms with Crippen LogP contribution in [0.2, 0.25) is 0 Å². The largest absolute Gasteiger partial charge is 0.345 e. The van der Waals surface area contributed by atoms with Crippen molar-refractivity contribution in [3.05, 3.63) is 89.5 Å². The Balaban J connectivity index is 1.78. The molecule has 5 nitrogen and oxygen atoms in total. The quantitative estimate of drug-likeness (QED) is 0.391. The van der Waals surface area contributed by atoms with Crippen LogP contribution < -0.4 is 9.62 Å². The summed E-state index contributed by atoms with van der Waals surface area (Å²) in [5.41, 5.74) is 3.24. The maximum absolute atomic E-state index is 13.2. The fraction of sp³-hybridized carbons (Fsp3) is 0.269. The van der Waals surface area contributed by atoms with Gasteiger partial charge in [-0.3, -0.25) is 9.10 Å². The first-order valence-corrected chi connectivity index (χ1v) is 13.6. The van der Waals surface area contributed by atoms with Crippen LogP contribution in [0.1, 0.15) is 47.8 Å². The summed E-state index contributed by atoms with van der Waals surface area (Å²) in [5, 5.41) is 3.08. The second-order valence-electron chi connectivity index (χ2n) is 7.74. The number of nitrogens with one attached hydrogen (secondary N) is 1. The highest BCUT2D eigenvalue weighted by atomic mass is 32.2. The maximum Gasteiger partial charge on any atom is 0.264 e. The molecule has 3 aromatic rings. The van der Waals surface area contributed by atoms with Gasteiger partial charge in [-0.1, -0.05) is 36.8 Å². The molecule has 0 unspecified atom stereocenters. The van der Waals surface area contributed by atoms with Gasteiger partial charge in [0, 0.05) is 17.0 Å². The highest BCUT2D eigenvalue weighted by Crippen LogP contribution is 2.26. The van der Waals surface area contributed by atoms with Crippen LogP contribution in [0, 0.1) is 6.92 Å². The first kappa shape index (κ1) is 24.9. The third kappa shape index (κ3) is 5.78. The molecular formula is C26H30N2O3S2. The molecule has 3 rings (SSSR count). The predicted molar refractivity (Wildman–Crippen MR) is 137 cm³/mol. The summed E-state index contributed by atoms with van der Waals surface area (Å²) in [6, 6.07) is 21.6. The van der Waals surface area contributed by atoms with E-state index in [0.29, 0.717) is 11.3 Å². The third-order valence-corrected chi connectivity index (χ3v) is 8.21. The lowest BCUT2D eigenvalue weighted by Crippen LogP contribution is -2.31. The fourth-order valence-electron chi connectivity index (χ4n) is 3.61.